The van der Waals surface area contributed by atoms with E-state index < -0.39 is 0 Å². The molecule has 2 saturated heterocycles. The van der Waals surface area contributed by atoms with Crippen LogP contribution in [0.5, 0.6) is 0 Å². The molecule has 2 amide bonds. The lowest BCUT2D eigenvalue weighted by Gasteiger charge is -2.54. The summed E-state index contributed by atoms with van der Waals surface area (Å²) in [5, 5.41) is 10.2. The summed E-state index contributed by atoms with van der Waals surface area (Å²) in [6, 6.07) is 16.5. The molecule has 0 bridgehead atoms. The van der Waals surface area contributed by atoms with Crippen LogP contribution >= 0.6 is 0 Å². The highest BCUT2D eigenvalue weighted by Crippen LogP contribution is 2.40. The Morgan fingerprint density at radius 1 is 0.949 bits per heavy atom. The number of hydrogen-bond acceptors (Lipinski definition) is 6. The number of fused-ring (bicyclic) bond motifs is 1. The van der Waals surface area contributed by atoms with Gasteiger partial charge in [0.2, 0.25) is 0 Å². The minimum Gasteiger partial charge on any atom is -0.340 e. The number of nitrogens with one attached hydrogen (secondary N) is 2. The highest BCUT2D eigenvalue weighted by atomic mass is 16.2. The predicted octanol–water partition coefficient (Wildman–Crippen LogP) is 4.74. The molecule has 2 fully saturated rings. The maximum absolute atomic E-state index is 13.3. The van der Waals surface area contributed by atoms with Crippen molar-refractivity contribution in [1.29, 1.82) is 0 Å². The summed E-state index contributed by atoms with van der Waals surface area (Å²) in [4.78, 5) is 29.0. The number of aromatic nitrogens is 4. The van der Waals surface area contributed by atoms with E-state index in [0.717, 1.165) is 47.8 Å². The van der Waals surface area contributed by atoms with Crippen molar-refractivity contribution in [3.63, 3.8) is 0 Å². The van der Waals surface area contributed by atoms with E-state index in [1.807, 2.05) is 34.2 Å². The van der Waals surface area contributed by atoms with Crippen molar-refractivity contribution in [2.45, 2.75) is 25.9 Å². The second-order valence-corrected chi connectivity index (χ2v) is 11.3. The van der Waals surface area contributed by atoms with Gasteiger partial charge >= 0.3 is 6.03 Å². The Labute approximate surface area is 227 Å². The Balaban J connectivity index is 1.01. The molecule has 3 aliphatic heterocycles. The van der Waals surface area contributed by atoms with Crippen LogP contribution in [0.1, 0.15) is 24.0 Å². The summed E-state index contributed by atoms with van der Waals surface area (Å²) in [6.07, 6.45) is 7.92. The first kappa shape index (κ1) is 23.8. The Morgan fingerprint density at radius 2 is 1.77 bits per heavy atom. The number of aromatic amines is 1. The van der Waals surface area contributed by atoms with Crippen molar-refractivity contribution < 1.29 is 4.79 Å². The number of hydrogen-bond donors (Lipinski definition) is 2. The predicted molar refractivity (Wildman–Crippen MR) is 150 cm³/mol. The number of piperidine rings is 1. The molecule has 0 aliphatic carbocycles. The van der Waals surface area contributed by atoms with Gasteiger partial charge in [-0.3, -0.25) is 5.10 Å². The number of benzene rings is 2. The van der Waals surface area contributed by atoms with Gasteiger partial charge in [0.15, 0.2) is 5.82 Å². The molecular weight excluding hydrogens is 488 g/mol. The van der Waals surface area contributed by atoms with Crippen LogP contribution in [0, 0.1) is 5.41 Å². The molecule has 0 saturated carbocycles. The van der Waals surface area contributed by atoms with Gasteiger partial charge in [0.1, 0.15) is 5.82 Å². The number of H-pyrrole nitrogens is 1. The summed E-state index contributed by atoms with van der Waals surface area (Å²) in [5.41, 5.74) is 6.72. The molecule has 7 rings (SSSR count). The van der Waals surface area contributed by atoms with Crippen molar-refractivity contribution in [3.8, 4) is 22.5 Å². The van der Waals surface area contributed by atoms with Gasteiger partial charge in [-0.05, 0) is 67.4 Å². The van der Waals surface area contributed by atoms with Crippen LogP contribution in [0.15, 0.2) is 67.1 Å². The third kappa shape index (κ3) is 4.63. The Kier molecular flexibility index (Phi) is 5.81. The number of urea groups is 1. The third-order valence-corrected chi connectivity index (χ3v) is 8.28. The Hall–Kier alpha value is -4.24. The molecule has 1 spiro atoms. The van der Waals surface area contributed by atoms with Crippen LogP contribution in [-0.2, 0) is 13.1 Å². The number of amides is 2. The first-order valence-electron chi connectivity index (χ1n) is 13.6. The van der Waals surface area contributed by atoms with Crippen molar-refractivity contribution in [2.24, 2.45) is 5.41 Å². The molecule has 0 radical (unpaired) electrons. The van der Waals surface area contributed by atoms with Crippen molar-refractivity contribution in [2.75, 3.05) is 38.5 Å². The van der Waals surface area contributed by atoms with Gasteiger partial charge in [-0.25, -0.2) is 14.8 Å². The number of carbonyl (C=O) groups excluding carboxylic acids is 1. The van der Waals surface area contributed by atoms with Gasteiger partial charge in [-0.2, -0.15) is 5.10 Å². The molecule has 9 nitrogen and oxygen atoms in total. The SMILES string of the molecule is CN1CCCC2(C1)CN(C(=O)N1Cc3ccc(-c4nccc(Nc5ccc(-c6cn[nH]c6)cc5)n4)cc3C1)C2. The molecular formula is C30H32N8O. The molecule has 9 heteroatoms. The first-order valence-corrected chi connectivity index (χ1v) is 13.6. The van der Waals surface area contributed by atoms with Crippen LogP contribution < -0.4 is 5.32 Å². The topological polar surface area (TPSA) is 93.3 Å². The fourth-order valence-electron chi connectivity index (χ4n) is 6.35. The van der Waals surface area contributed by atoms with Gasteiger partial charge in [0.25, 0.3) is 0 Å². The van der Waals surface area contributed by atoms with Gasteiger partial charge in [-0.1, -0.05) is 24.3 Å². The van der Waals surface area contributed by atoms with Gasteiger partial charge in [0.05, 0.1) is 6.20 Å². The second-order valence-electron chi connectivity index (χ2n) is 11.3. The number of likely N-dealkylation sites (tertiary alicyclic amines) is 2. The summed E-state index contributed by atoms with van der Waals surface area (Å²) < 4.78 is 0. The van der Waals surface area contributed by atoms with E-state index in [1.165, 1.54) is 30.5 Å². The highest BCUT2D eigenvalue weighted by Gasteiger charge is 2.48. The van der Waals surface area contributed by atoms with Crippen LogP contribution in [0.3, 0.4) is 0 Å². The number of nitrogens with zero attached hydrogens (tertiary/aromatic N) is 6. The number of anilines is 2. The maximum Gasteiger partial charge on any atom is 0.320 e. The standard InChI is InChI=1S/C30H32N8O/c1-36-12-2-10-30(18-36)19-38(20-30)29(39)37-16-23-4-3-22(13-24(23)17-37)28-31-11-9-27(35-28)34-26-7-5-21(6-8-26)25-14-32-33-15-25/h3-9,11,13-15H,2,10,12,16-20H2,1H3,(H,32,33)(H,31,34,35). The van der Waals surface area contributed by atoms with Gasteiger partial charge in [-0.15, -0.1) is 0 Å². The van der Waals surface area contributed by atoms with Crippen LogP contribution in [0.2, 0.25) is 0 Å². The molecule has 2 aromatic carbocycles. The first-order chi connectivity index (χ1) is 19.0. The summed E-state index contributed by atoms with van der Waals surface area (Å²) in [6.45, 7) is 5.33. The highest BCUT2D eigenvalue weighted by molar-refractivity contribution is 5.77. The molecule has 4 aromatic rings. The van der Waals surface area contributed by atoms with E-state index in [2.05, 4.69) is 62.8 Å². The quantitative estimate of drug-likeness (QED) is 0.404. The molecule has 5 heterocycles. The molecule has 0 atom stereocenters. The zero-order chi connectivity index (χ0) is 26.4. The molecule has 198 valence electrons. The van der Waals surface area contributed by atoms with E-state index in [0.29, 0.717) is 24.3 Å². The zero-order valence-corrected chi connectivity index (χ0v) is 22.1. The maximum atomic E-state index is 13.3. The largest absolute Gasteiger partial charge is 0.340 e. The van der Waals surface area contributed by atoms with E-state index in [9.17, 15) is 4.79 Å². The molecule has 2 N–H and O–H groups in total. The van der Waals surface area contributed by atoms with Gasteiger partial charge < -0.3 is 20.0 Å². The normalized spacial score (nSPS) is 18.2. The molecule has 2 aromatic heterocycles. The minimum atomic E-state index is 0.160. The average Bonchev–Trinajstić information content (AvgIpc) is 3.62. The summed E-state index contributed by atoms with van der Waals surface area (Å²) in [5.74, 6) is 1.39. The summed E-state index contributed by atoms with van der Waals surface area (Å²) in [7, 11) is 2.19. The number of rotatable bonds is 4. The average molecular weight is 521 g/mol. The lowest BCUT2D eigenvalue weighted by atomic mass is 9.73. The molecule has 3 aliphatic rings. The summed E-state index contributed by atoms with van der Waals surface area (Å²) >= 11 is 0. The van der Waals surface area contributed by atoms with Gasteiger partial charge in [0, 0.05) is 67.3 Å². The lowest BCUT2D eigenvalue weighted by molar-refractivity contribution is -0.0316. The fourth-order valence-corrected chi connectivity index (χ4v) is 6.35. The minimum absolute atomic E-state index is 0.160. The van der Waals surface area contributed by atoms with Crippen molar-refractivity contribution in [1.82, 2.24) is 34.9 Å². The van der Waals surface area contributed by atoms with Crippen molar-refractivity contribution in [3.05, 3.63) is 78.2 Å². The Morgan fingerprint density at radius 3 is 2.56 bits per heavy atom. The van der Waals surface area contributed by atoms with Crippen LogP contribution in [-0.4, -0.2) is 74.1 Å². The van der Waals surface area contributed by atoms with Crippen molar-refractivity contribution >= 4 is 17.5 Å². The second kappa shape index (κ2) is 9.50. The fraction of sp³-hybridized carbons (Fsp3) is 0.333. The number of carbonyl (C=O) groups is 1. The smallest absolute Gasteiger partial charge is 0.320 e. The lowest BCUT2D eigenvalue weighted by Crippen LogP contribution is -2.65. The van der Waals surface area contributed by atoms with Crippen LogP contribution in [0.25, 0.3) is 22.5 Å². The van der Waals surface area contributed by atoms with E-state index >= 15 is 0 Å². The van der Waals surface area contributed by atoms with E-state index in [-0.39, 0.29) is 6.03 Å². The van der Waals surface area contributed by atoms with E-state index in [1.54, 1.807) is 12.4 Å². The van der Waals surface area contributed by atoms with E-state index in [4.69, 9.17) is 4.98 Å². The third-order valence-electron chi connectivity index (χ3n) is 8.28. The van der Waals surface area contributed by atoms with Crippen LogP contribution in [0.4, 0.5) is 16.3 Å². The molecule has 0 unspecified atom stereocenters. The monoisotopic (exact) mass is 520 g/mol. The molecule has 39 heavy (non-hydrogen) atoms. The zero-order valence-electron chi connectivity index (χ0n) is 22.1. The Bertz CT molecular complexity index is 1490.